The monoisotopic (exact) mass is 504 g/mol. The van der Waals surface area contributed by atoms with Crippen LogP contribution in [0.5, 0.6) is 5.75 Å². The molecule has 160 valence electrons. The van der Waals surface area contributed by atoms with E-state index >= 15 is 0 Å². The van der Waals surface area contributed by atoms with E-state index in [1.54, 1.807) is 0 Å². The predicted octanol–water partition coefficient (Wildman–Crippen LogP) is 3.21. The van der Waals surface area contributed by atoms with E-state index in [1.807, 2.05) is 18.2 Å². The Balaban J connectivity index is 0.00000392. The minimum absolute atomic E-state index is 0. The molecule has 1 aromatic rings. The highest BCUT2D eigenvalue weighted by Crippen LogP contribution is 2.19. The maximum Gasteiger partial charge on any atom is 0.193 e. The van der Waals surface area contributed by atoms with Crippen LogP contribution in [0, 0.1) is 0 Å². The summed E-state index contributed by atoms with van der Waals surface area (Å²) < 4.78 is 11.5. The Labute approximate surface area is 187 Å². The van der Waals surface area contributed by atoms with Gasteiger partial charge in [0.25, 0.3) is 0 Å². The van der Waals surface area contributed by atoms with Crippen molar-refractivity contribution < 1.29 is 9.47 Å². The Kier molecular flexibility index (Phi) is 13.3. The van der Waals surface area contributed by atoms with E-state index in [9.17, 15) is 0 Å². The number of guanidine groups is 1. The first-order valence-corrected chi connectivity index (χ1v) is 10.2. The molecule has 1 heterocycles. The van der Waals surface area contributed by atoms with Gasteiger partial charge >= 0.3 is 0 Å². The Bertz CT molecular complexity index is 565. The summed E-state index contributed by atoms with van der Waals surface area (Å²) in [6.45, 7) is 12.1. The van der Waals surface area contributed by atoms with Gasteiger partial charge in [-0.1, -0.05) is 31.5 Å². The first-order chi connectivity index (χ1) is 13.2. The third kappa shape index (κ3) is 8.96. The largest absolute Gasteiger partial charge is 0.492 e. The summed E-state index contributed by atoms with van der Waals surface area (Å²) in [6.07, 6.45) is 2.35. The average Bonchev–Trinajstić information content (AvgIpc) is 2.71. The number of ether oxygens (including phenoxy) is 2. The quantitative estimate of drug-likeness (QED) is 0.301. The maximum absolute atomic E-state index is 6.07. The number of halogens is 1. The molecule has 2 rings (SSSR count). The van der Waals surface area contributed by atoms with Gasteiger partial charge in [0.15, 0.2) is 5.96 Å². The lowest BCUT2D eigenvalue weighted by molar-refractivity contribution is 0.0322. The Hall–Kier alpha value is -1.06. The molecule has 0 saturated carbocycles. The van der Waals surface area contributed by atoms with E-state index in [1.165, 1.54) is 12.8 Å². The molecule has 1 N–H and O–H groups in total. The van der Waals surface area contributed by atoms with E-state index in [2.05, 4.69) is 42.1 Å². The van der Waals surface area contributed by atoms with Crippen molar-refractivity contribution in [3.8, 4) is 5.75 Å². The fraction of sp³-hybridized carbons (Fsp3) is 0.667. The molecule has 1 aliphatic rings. The lowest BCUT2D eigenvalue weighted by Crippen LogP contribution is -2.39. The van der Waals surface area contributed by atoms with Gasteiger partial charge in [0.1, 0.15) is 12.4 Å². The Morgan fingerprint density at radius 2 is 2.00 bits per heavy atom. The lowest BCUT2D eigenvalue weighted by Gasteiger charge is -2.26. The first kappa shape index (κ1) is 25.0. The first-order valence-electron chi connectivity index (χ1n) is 10.2. The van der Waals surface area contributed by atoms with Crippen LogP contribution in [0.2, 0.25) is 0 Å². The molecule has 6 nitrogen and oxygen atoms in total. The van der Waals surface area contributed by atoms with Crippen LogP contribution in [-0.4, -0.2) is 75.4 Å². The van der Waals surface area contributed by atoms with Gasteiger partial charge in [0.2, 0.25) is 0 Å². The van der Waals surface area contributed by atoms with Gasteiger partial charge in [-0.2, -0.15) is 0 Å². The molecule has 1 aliphatic heterocycles. The third-order valence-corrected chi connectivity index (χ3v) is 4.68. The van der Waals surface area contributed by atoms with E-state index in [-0.39, 0.29) is 24.0 Å². The van der Waals surface area contributed by atoms with Crippen LogP contribution in [0.3, 0.4) is 0 Å². The second-order valence-corrected chi connectivity index (χ2v) is 6.86. The van der Waals surface area contributed by atoms with Crippen molar-refractivity contribution in [1.29, 1.82) is 0 Å². The summed E-state index contributed by atoms with van der Waals surface area (Å²) in [4.78, 5) is 9.41. The molecule has 0 aliphatic carbocycles. The van der Waals surface area contributed by atoms with Crippen LogP contribution in [0.25, 0.3) is 0 Å². The summed E-state index contributed by atoms with van der Waals surface area (Å²) in [5.41, 5.74) is 1.12. The number of aliphatic imine (C=N–C) groups is 1. The normalized spacial score (nSPS) is 15.0. The minimum atomic E-state index is 0. The Morgan fingerprint density at radius 1 is 1.25 bits per heavy atom. The second-order valence-electron chi connectivity index (χ2n) is 6.86. The average molecular weight is 504 g/mol. The summed E-state index contributed by atoms with van der Waals surface area (Å²) in [7, 11) is 2.10. The number of hydrogen-bond acceptors (Lipinski definition) is 4. The minimum Gasteiger partial charge on any atom is -0.492 e. The van der Waals surface area contributed by atoms with Crippen LogP contribution in [0.4, 0.5) is 0 Å². The van der Waals surface area contributed by atoms with Crippen molar-refractivity contribution in [2.24, 2.45) is 4.99 Å². The zero-order chi connectivity index (χ0) is 19.3. The SMILES string of the molecule is CCCCN(C)C(=NCc1ccccc1OCCN1CCOCC1)NCC.I. The maximum atomic E-state index is 6.07. The summed E-state index contributed by atoms with van der Waals surface area (Å²) in [5.74, 6) is 1.88. The molecule has 0 radical (unpaired) electrons. The van der Waals surface area contributed by atoms with Crippen LogP contribution in [0.1, 0.15) is 32.3 Å². The fourth-order valence-corrected chi connectivity index (χ4v) is 3.02. The van der Waals surface area contributed by atoms with Gasteiger partial charge in [-0.05, 0) is 19.4 Å². The van der Waals surface area contributed by atoms with Crippen LogP contribution < -0.4 is 10.1 Å². The number of rotatable bonds is 10. The van der Waals surface area contributed by atoms with Crippen LogP contribution in [0.15, 0.2) is 29.3 Å². The molecular formula is C21H37IN4O2. The summed E-state index contributed by atoms with van der Waals surface area (Å²) in [5, 5.41) is 3.38. The molecule has 7 heteroatoms. The molecule has 0 aromatic heterocycles. The smallest absolute Gasteiger partial charge is 0.193 e. The van der Waals surface area contributed by atoms with Crippen LogP contribution in [-0.2, 0) is 11.3 Å². The second kappa shape index (κ2) is 14.9. The standard InChI is InChI=1S/C21H36N4O2.HI/c1-4-6-11-24(3)21(22-5-2)23-18-19-9-7-8-10-20(19)27-17-14-25-12-15-26-16-13-25;/h7-10H,4-6,11-18H2,1-3H3,(H,22,23);1H. The molecule has 0 bridgehead atoms. The number of nitrogens with zero attached hydrogens (tertiary/aromatic N) is 3. The highest BCUT2D eigenvalue weighted by Gasteiger charge is 2.11. The zero-order valence-electron chi connectivity index (χ0n) is 17.7. The Morgan fingerprint density at radius 3 is 2.71 bits per heavy atom. The van der Waals surface area contributed by atoms with Gasteiger partial charge in [0, 0.05) is 45.3 Å². The molecule has 0 unspecified atom stereocenters. The predicted molar refractivity (Wildman–Crippen MR) is 127 cm³/mol. The highest BCUT2D eigenvalue weighted by atomic mass is 127. The van der Waals surface area contributed by atoms with Gasteiger partial charge in [-0.3, -0.25) is 4.90 Å². The lowest BCUT2D eigenvalue weighted by atomic mass is 10.2. The number of morpholine rings is 1. The van der Waals surface area contributed by atoms with Gasteiger partial charge < -0.3 is 19.7 Å². The molecular weight excluding hydrogens is 467 g/mol. The zero-order valence-corrected chi connectivity index (χ0v) is 20.0. The van der Waals surface area contributed by atoms with Crippen molar-refractivity contribution in [2.75, 3.05) is 59.6 Å². The molecule has 1 fully saturated rings. The van der Waals surface area contributed by atoms with Crippen molar-refractivity contribution in [2.45, 2.75) is 33.2 Å². The van der Waals surface area contributed by atoms with Crippen molar-refractivity contribution in [3.05, 3.63) is 29.8 Å². The summed E-state index contributed by atoms with van der Waals surface area (Å²) >= 11 is 0. The topological polar surface area (TPSA) is 49.3 Å². The number of benzene rings is 1. The number of hydrogen-bond donors (Lipinski definition) is 1. The molecule has 0 amide bonds. The number of para-hydroxylation sites is 1. The molecule has 1 saturated heterocycles. The van der Waals surface area contributed by atoms with Crippen LogP contribution >= 0.6 is 24.0 Å². The molecule has 0 atom stereocenters. The highest BCUT2D eigenvalue weighted by molar-refractivity contribution is 14.0. The van der Waals surface area contributed by atoms with E-state index in [0.717, 1.165) is 63.2 Å². The van der Waals surface area contributed by atoms with E-state index in [4.69, 9.17) is 14.5 Å². The third-order valence-electron chi connectivity index (χ3n) is 4.68. The number of nitrogens with one attached hydrogen (secondary N) is 1. The van der Waals surface area contributed by atoms with Gasteiger partial charge in [-0.15, -0.1) is 24.0 Å². The molecule has 0 spiro atoms. The van der Waals surface area contributed by atoms with Gasteiger partial charge in [-0.25, -0.2) is 4.99 Å². The molecule has 28 heavy (non-hydrogen) atoms. The fourth-order valence-electron chi connectivity index (χ4n) is 3.02. The van der Waals surface area contributed by atoms with E-state index < -0.39 is 0 Å². The number of unbranched alkanes of at least 4 members (excludes halogenated alkanes) is 1. The van der Waals surface area contributed by atoms with E-state index in [0.29, 0.717) is 13.2 Å². The summed E-state index contributed by atoms with van der Waals surface area (Å²) in [6, 6.07) is 8.21. The van der Waals surface area contributed by atoms with Crippen molar-refractivity contribution >= 4 is 29.9 Å². The van der Waals surface area contributed by atoms with Crippen molar-refractivity contribution in [3.63, 3.8) is 0 Å². The molecule has 1 aromatic carbocycles. The van der Waals surface area contributed by atoms with Gasteiger partial charge in [0.05, 0.1) is 19.8 Å². The van der Waals surface area contributed by atoms with Crippen molar-refractivity contribution in [1.82, 2.24) is 15.1 Å².